The van der Waals surface area contributed by atoms with Crippen molar-refractivity contribution in [3.8, 4) is 17.1 Å². The molecule has 3 heteroatoms. The lowest BCUT2D eigenvalue weighted by Gasteiger charge is -2.19. The van der Waals surface area contributed by atoms with Crippen molar-refractivity contribution in [3.05, 3.63) is 52.1 Å². The molecule has 0 fully saturated rings. The summed E-state index contributed by atoms with van der Waals surface area (Å²) in [5.41, 5.74) is 7.86. The number of ether oxygens (including phenoxy) is 1. The SMILES string of the molecule is CC(C)c1cc(-c2cc3c(C(C)C)ccc(C(C)C)c3o2)c(C(C)C)c2c1CC(=O)O2. The predicted molar refractivity (Wildman–Crippen MR) is 127 cm³/mol. The third-order valence-corrected chi connectivity index (χ3v) is 6.45. The van der Waals surface area contributed by atoms with E-state index in [-0.39, 0.29) is 11.9 Å². The van der Waals surface area contributed by atoms with Gasteiger partial charge in [-0.15, -0.1) is 0 Å². The zero-order valence-corrected chi connectivity index (χ0v) is 20.1. The maximum atomic E-state index is 12.2. The number of rotatable bonds is 5. The molecule has 0 radical (unpaired) electrons. The van der Waals surface area contributed by atoms with Gasteiger partial charge >= 0.3 is 5.97 Å². The Bertz CT molecular complexity index is 1110. The second kappa shape index (κ2) is 7.85. The van der Waals surface area contributed by atoms with Crippen molar-refractivity contribution < 1.29 is 13.9 Å². The summed E-state index contributed by atoms with van der Waals surface area (Å²) in [5, 5.41) is 1.19. The Morgan fingerprint density at radius 3 is 1.97 bits per heavy atom. The third-order valence-electron chi connectivity index (χ3n) is 6.45. The Morgan fingerprint density at radius 2 is 1.39 bits per heavy atom. The minimum absolute atomic E-state index is 0.162. The zero-order valence-electron chi connectivity index (χ0n) is 20.1. The van der Waals surface area contributed by atoms with Crippen LogP contribution in [0.15, 0.2) is 28.7 Å². The zero-order chi connectivity index (χ0) is 22.6. The van der Waals surface area contributed by atoms with Crippen molar-refractivity contribution in [2.45, 2.75) is 85.5 Å². The van der Waals surface area contributed by atoms with Gasteiger partial charge in [0.1, 0.15) is 17.1 Å². The standard InChI is InChI=1S/C28H34O3/c1-14(2)18-9-10-19(15(3)4)27-21(18)12-24(30-27)23-11-20(16(5)6)22-13-25(29)31-28(22)26(23)17(7)8/h9-12,14-17H,13H2,1-8H3. The molecule has 0 amide bonds. The number of carbonyl (C=O) groups is 1. The summed E-state index contributed by atoms with van der Waals surface area (Å²) in [6, 6.07) is 8.89. The van der Waals surface area contributed by atoms with Crippen molar-refractivity contribution in [2.75, 3.05) is 0 Å². The van der Waals surface area contributed by atoms with Gasteiger partial charge in [-0.3, -0.25) is 4.79 Å². The topological polar surface area (TPSA) is 39.4 Å². The fourth-order valence-electron chi connectivity index (χ4n) is 4.88. The second-order valence-electron chi connectivity index (χ2n) is 10.1. The lowest BCUT2D eigenvalue weighted by Crippen LogP contribution is -2.02. The van der Waals surface area contributed by atoms with Gasteiger partial charge in [0, 0.05) is 22.1 Å². The van der Waals surface area contributed by atoms with E-state index in [0.717, 1.165) is 33.8 Å². The van der Waals surface area contributed by atoms with Gasteiger partial charge < -0.3 is 9.15 Å². The van der Waals surface area contributed by atoms with Crippen LogP contribution in [0.3, 0.4) is 0 Å². The molecule has 164 valence electrons. The van der Waals surface area contributed by atoms with Crippen molar-refractivity contribution in [3.63, 3.8) is 0 Å². The van der Waals surface area contributed by atoms with Gasteiger partial charge in [0.2, 0.25) is 0 Å². The molecule has 1 aromatic heterocycles. The molecule has 0 atom stereocenters. The van der Waals surface area contributed by atoms with Crippen molar-refractivity contribution >= 4 is 16.9 Å². The Hall–Kier alpha value is -2.55. The molecule has 3 aromatic rings. The van der Waals surface area contributed by atoms with E-state index in [1.807, 2.05) is 0 Å². The van der Waals surface area contributed by atoms with E-state index in [2.05, 4.69) is 79.7 Å². The maximum absolute atomic E-state index is 12.2. The summed E-state index contributed by atoms with van der Waals surface area (Å²) in [4.78, 5) is 12.2. The van der Waals surface area contributed by atoms with Crippen molar-refractivity contribution in [1.82, 2.24) is 0 Å². The maximum Gasteiger partial charge on any atom is 0.315 e. The summed E-state index contributed by atoms with van der Waals surface area (Å²) < 4.78 is 12.4. The van der Waals surface area contributed by atoms with Crippen LogP contribution in [0.25, 0.3) is 22.3 Å². The molecule has 31 heavy (non-hydrogen) atoms. The average molecular weight is 419 g/mol. The van der Waals surface area contributed by atoms with Crippen LogP contribution in [0.2, 0.25) is 0 Å². The largest absolute Gasteiger partial charge is 0.456 e. The van der Waals surface area contributed by atoms with Gasteiger partial charge in [0.05, 0.1) is 6.42 Å². The number of hydrogen-bond donors (Lipinski definition) is 0. The normalized spacial score (nSPS) is 13.9. The molecule has 0 saturated carbocycles. The van der Waals surface area contributed by atoms with E-state index in [1.54, 1.807) is 0 Å². The van der Waals surface area contributed by atoms with Crippen LogP contribution < -0.4 is 4.74 Å². The lowest BCUT2D eigenvalue weighted by atomic mass is 9.85. The number of esters is 1. The van der Waals surface area contributed by atoms with E-state index < -0.39 is 0 Å². The van der Waals surface area contributed by atoms with Gasteiger partial charge in [-0.2, -0.15) is 0 Å². The molecule has 3 nitrogen and oxygen atoms in total. The van der Waals surface area contributed by atoms with Gasteiger partial charge in [0.25, 0.3) is 0 Å². The van der Waals surface area contributed by atoms with Crippen molar-refractivity contribution in [2.24, 2.45) is 0 Å². The first-order chi connectivity index (χ1) is 14.6. The highest BCUT2D eigenvalue weighted by atomic mass is 16.5. The first kappa shape index (κ1) is 21.7. The molecule has 2 heterocycles. The number of fused-ring (bicyclic) bond motifs is 2. The molecule has 1 aliphatic rings. The van der Waals surface area contributed by atoms with E-state index in [4.69, 9.17) is 9.15 Å². The predicted octanol–water partition coefficient (Wildman–Crippen LogP) is 8.05. The first-order valence-corrected chi connectivity index (χ1v) is 11.6. The summed E-state index contributed by atoms with van der Waals surface area (Å²) in [5.74, 6) is 2.74. The minimum Gasteiger partial charge on any atom is -0.456 e. The van der Waals surface area contributed by atoms with Gasteiger partial charge in [-0.1, -0.05) is 67.5 Å². The molecule has 0 aliphatic carbocycles. The van der Waals surface area contributed by atoms with Gasteiger partial charge in [-0.25, -0.2) is 0 Å². The minimum atomic E-state index is -0.162. The fraction of sp³-hybridized carbons (Fsp3) is 0.464. The number of hydrogen-bond acceptors (Lipinski definition) is 3. The lowest BCUT2D eigenvalue weighted by molar-refractivity contribution is -0.131. The number of furan rings is 1. The van der Waals surface area contributed by atoms with Crippen LogP contribution in [0.5, 0.6) is 5.75 Å². The molecule has 0 bridgehead atoms. The number of carbonyl (C=O) groups excluding carboxylic acids is 1. The molecular formula is C28H34O3. The average Bonchev–Trinajstić information content (AvgIpc) is 3.27. The molecular weight excluding hydrogens is 384 g/mol. The Kier molecular flexibility index (Phi) is 5.49. The third kappa shape index (κ3) is 3.58. The molecule has 0 N–H and O–H groups in total. The molecule has 0 unspecified atom stereocenters. The second-order valence-corrected chi connectivity index (χ2v) is 10.1. The van der Waals surface area contributed by atoms with Crippen molar-refractivity contribution in [1.29, 1.82) is 0 Å². The molecule has 1 aliphatic heterocycles. The Morgan fingerprint density at radius 1 is 0.774 bits per heavy atom. The smallest absolute Gasteiger partial charge is 0.315 e. The van der Waals surface area contributed by atoms with Crippen LogP contribution in [0, 0.1) is 0 Å². The number of benzene rings is 2. The highest BCUT2D eigenvalue weighted by Crippen LogP contribution is 2.47. The van der Waals surface area contributed by atoms with Crippen LogP contribution >= 0.6 is 0 Å². The molecule has 0 spiro atoms. The van der Waals surface area contributed by atoms with Crippen LogP contribution in [-0.4, -0.2) is 5.97 Å². The fourth-order valence-corrected chi connectivity index (χ4v) is 4.88. The quantitative estimate of drug-likeness (QED) is 0.311. The summed E-state index contributed by atoms with van der Waals surface area (Å²) in [6.45, 7) is 17.5. The van der Waals surface area contributed by atoms with E-state index in [1.165, 1.54) is 22.1 Å². The van der Waals surface area contributed by atoms with Gasteiger partial charge in [-0.05, 0) is 52.5 Å². The van der Waals surface area contributed by atoms with Crippen LogP contribution in [0.1, 0.15) is 107 Å². The summed E-state index contributed by atoms with van der Waals surface area (Å²) in [7, 11) is 0. The monoisotopic (exact) mass is 418 g/mol. The van der Waals surface area contributed by atoms with Gasteiger partial charge in [0.15, 0.2) is 0 Å². The van der Waals surface area contributed by atoms with Crippen LogP contribution in [-0.2, 0) is 11.2 Å². The summed E-state index contributed by atoms with van der Waals surface area (Å²) >= 11 is 0. The van der Waals surface area contributed by atoms with E-state index in [0.29, 0.717) is 24.2 Å². The first-order valence-electron chi connectivity index (χ1n) is 11.6. The highest BCUT2D eigenvalue weighted by Gasteiger charge is 2.32. The highest BCUT2D eigenvalue weighted by molar-refractivity contribution is 5.91. The van der Waals surface area contributed by atoms with E-state index in [9.17, 15) is 4.79 Å². The molecule has 0 saturated heterocycles. The molecule has 4 rings (SSSR count). The van der Waals surface area contributed by atoms with Crippen LogP contribution in [0.4, 0.5) is 0 Å². The molecule has 2 aromatic carbocycles. The Labute approximate surface area is 185 Å². The van der Waals surface area contributed by atoms with E-state index >= 15 is 0 Å². The summed E-state index contributed by atoms with van der Waals surface area (Å²) in [6.07, 6.45) is 0.359. The Balaban J connectivity index is 2.05.